The number of rotatable bonds is 4. The van der Waals surface area contributed by atoms with Gasteiger partial charge in [0.1, 0.15) is 5.69 Å². The van der Waals surface area contributed by atoms with Gasteiger partial charge in [-0.15, -0.1) is 12.3 Å². The molecular formula is C11H13N3O. The summed E-state index contributed by atoms with van der Waals surface area (Å²) in [6.07, 6.45) is 9.56. The molecule has 0 saturated carbocycles. The van der Waals surface area contributed by atoms with E-state index in [1.807, 2.05) is 6.92 Å². The highest BCUT2D eigenvalue weighted by molar-refractivity contribution is 5.91. The summed E-state index contributed by atoms with van der Waals surface area (Å²) < 4.78 is 0. The van der Waals surface area contributed by atoms with Gasteiger partial charge < -0.3 is 5.32 Å². The quantitative estimate of drug-likeness (QED) is 0.585. The Morgan fingerprint density at radius 3 is 2.93 bits per heavy atom. The fourth-order valence-electron chi connectivity index (χ4n) is 0.993. The van der Waals surface area contributed by atoms with E-state index in [-0.39, 0.29) is 5.91 Å². The van der Waals surface area contributed by atoms with Crippen molar-refractivity contribution >= 4 is 5.91 Å². The number of hydrogen-bond donors (Lipinski definition) is 1. The van der Waals surface area contributed by atoms with E-state index in [2.05, 4.69) is 21.2 Å². The van der Waals surface area contributed by atoms with Crippen LogP contribution in [0.1, 0.15) is 29.0 Å². The average Bonchev–Trinajstić information content (AvgIpc) is 2.25. The van der Waals surface area contributed by atoms with Gasteiger partial charge in [0.05, 0.1) is 11.9 Å². The van der Waals surface area contributed by atoms with Crippen LogP contribution in [0.5, 0.6) is 0 Å². The Morgan fingerprint density at radius 2 is 2.33 bits per heavy atom. The lowest BCUT2D eigenvalue weighted by atomic mass is 10.3. The Hall–Kier alpha value is -1.89. The van der Waals surface area contributed by atoms with Gasteiger partial charge in [0.15, 0.2) is 0 Å². The first kappa shape index (κ1) is 11.2. The molecule has 1 aromatic rings. The van der Waals surface area contributed by atoms with E-state index in [4.69, 9.17) is 6.42 Å². The highest BCUT2D eigenvalue weighted by Crippen LogP contribution is 1.94. The normalized spacial score (nSPS) is 9.33. The number of aryl methyl sites for hydroxylation is 1. The molecule has 0 unspecified atom stereocenters. The maximum atomic E-state index is 11.5. The molecule has 1 rings (SSSR count). The predicted molar refractivity (Wildman–Crippen MR) is 57.2 cm³/mol. The molecule has 4 heteroatoms. The van der Waals surface area contributed by atoms with Crippen molar-refractivity contribution in [1.29, 1.82) is 0 Å². The van der Waals surface area contributed by atoms with Crippen LogP contribution < -0.4 is 5.32 Å². The fraction of sp³-hybridized carbons (Fsp3) is 0.364. The summed E-state index contributed by atoms with van der Waals surface area (Å²) >= 11 is 0. The number of aromatic nitrogens is 2. The van der Waals surface area contributed by atoms with Crippen molar-refractivity contribution in [3.63, 3.8) is 0 Å². The highest BCUT2D eigenvalue weighted by Gasteiger charge is 2.05. The lowest BCUT2D eigenvalue weighted by Crippen LogP contribution is -2.25. The van der Waals surface area contributed by atoms with Crippen molar-refractivity contribution in [3.05, 3.63) is 23.8 Å². The van der Waals surface area contributed by atoms with Gasteiger partial charge in [-0.2, -0.15) is 0 Å². The minimum Gasteiger partial charge on any atom is -0.351 e. The molecular weight excluding hydrogens is 190 g/mol. The van der Waals surface area contributed by atoms with E-state index in [1.54, 1.807) is 6.20 Å². The molecule has 0 aliphatic carbocycles. The topological polar surface area (TPSA) is 54.9 Å². The molecule has 15 heavy (non-hydrogen) atoms. The molecule has 0 fully saturated rings. The van der Waals surface area contributed by atoms with Crippen LogP contribution in [0.2, 0.25) is 0 Å². The van der Waals surface area contributed by atoms with Gasteiger partial charge >= 0.3 is 0 Å². The molecule has 0 saturated heterocycles. The van der Waals surface area contributed by atoms with Gasteiger partial charge in [0.25, 0.3) is 5.91 Å². The van der Waals surface area contributed by atoms with Crippen LogP contribution in [-0.2, 0) is 0 Å². The summed E-state index contributed by atoms with van der Waals surface area (Å²) in [4.78, 5) is 19.4. The van der Waals surface area contributed by atoms with Gasteiger partial charge in [0, 0.05) is 19.2 Å². The summed E-state index contributed by atoms with van der Waals surface area (Å²) in [6.45, 7) is 2.39. The van der Waals surface area contributed by atoms with E-state index in [0.29, 0.717) is 18.7 Å². The van der Waals surface area contributed by atoms with Crippen LogP contribution in [0.3, 0.4) is 0 Å². The zero-order valence-corrected chi connectivity index (χ0v) is 8.66. The molecule has 1 heterocycles. The number of unbranched alkanes of at least 4 members (excludes halogenated alkanes) is 1. The minimum absolute atomic E-state index is 0.209. The second kappa shape index (κ2) is 5.76. The maximum Gasteiger partial charge on any atom is 0.271 e. The molecule has 0 aliphatic rings. The Bertz CT molecular complexity index is 364. The summed E-state index contributed by atoms with van der Waals surface area (Å²) in [5, 5.41) is 2.72. The van der Waals surface area contributed by atoms with E-state index in [9.17, 15) is 4.79 Å². The number of terminal acetylenes is 1. The molecule has 0 spiro atoms. The van der Waals surface area contributed by atoms with Crippen LogP contribution in [0.4, 0.5) is 0 Å². The highest BCUT2D eigenvalue weighted by atomic mass is 16.1. The standard InChI is InChI=1S/C11H13N3O/c1-3-4-5-6-12-11(15)10-8-13-9(2)7-14-10/h1,7-8H,4-6H2,2H3,(H,12,15). The van der Waals surface area contributed by atoms with Gasteiger partial charge in [-0.1, -0.05) is 0 Å². The van der Waals surface area contributed by atoms with Crippen LogP contribution >= 0.6 is 0 Å². The third kappa shape index (κ3) is 3.77. The van der Waals surface area contributed by atoms with E-state index in [0.717, 1.165) is 12.1 Å². The van der Waals surface area contributed by atoms with Crippen molar-refractivity contribution < 1.29 is 4.79 Å². The second-order valence-electron chi connectivity index (χ2n) is 3.11. The van der Waals surface area contributed by atoms with Gasteiger partial charge in [-0.3, -0.25) is 9.78 Å². The first-order chi connectivity index (χ1) is 7.24. The monoisotopic (exact) mass is 203 g/mol. The van der Waals surface area contributed by atoms with E-state index in [1.165, 1.54) is 6.20 Å². The number of hydrogen-bond acceptors (Lipinski definition) is 3. The smallest absolute Gasteiger partial charge is 0.271 e. The summed E-state index contributed by atoms with van der Waals surface area (Å²) in [5.74, 6) is 2.30. The molecule has 1 aromatic heterocycles. The van der Waals surface area contributed by atoms with Crippen molar-refractivity contribution in [2.24, 2.45) is 0 Å². The first-order valence-corrected chi connectivity index (χ1v) is 4.74. The number of carbonyl (C=O) groups excluding carboxylic acids is 1. The molecule has 1 amide bonds. The van der Waals surface area contributed by atoms with Crippen LogP contribution in [0.25, 0.3) is 0 Å². The van der Waals surface area contributed by atoms with E-state index < -0.39 is 0 Å². The molecule has 78 valence electrons. The molecule has 0 aromatic carbocycles. The van der Waals surface area contributed by atoms with Gasteiger partial charge in [0.2, 0.25) is 0 Å². The van der Waals surface area contributed by atoms with Gasteiger partial charge in [-0.25, -0.2) is 4.98 Å². The lowest BCUT2D eigenvalue weighted by molar-refractivity contribution is 0.0948. The Kier molecular flexibility index (Phi) is 4.30. The van der Waals surface area contributed by atoms with Crippen molar-refractivity contribution in [2.45, 2.75) is 19.8 Å². The van der Waals surface area contributed by atoms with Crippen molar-refractivity contribution in [1.82, 2.24) is 15.3 Å². The Balaban J connectivity index is 2.41. The van der Waals surface area contributed by atoms with Crippen molar-refractivity contribution in [2.75, 3.05) is 6.54 Å². The zero-order chi connectivity index (χ0) is 11.1. The summed E-state index contributed by atoms with van der Waals surface area (Å²) in [5.41, 5.74) is 1.13. The minimum atomic E-state index is -0.209. The maximum absolute atomic E-state index is 11.5. The molecule has 0 bridgehead atoms. The zero-order valence-electron chi connectivity index (χ0n) is 8.66. The van der Waals surface area contributed by atoms with Crippen LogP contribution in [0.15, 0.2) is 12.4 Å². The average molecular weight is 203 g/mol. The molecule has 1 N–H and O–H groups in total. The predicted octanol–water partition coefficient (Wildman–Crippen LogP) is 0.928. The number of amides is 1. The summed E-state index contributed by atoms with van der Waals surface area (Å²) in [7, 11) is 0. The molecule has 4 nitrogen and oxygen atoms in total. The van der Waals surface area contributed by atoms with Crippen molar-refractivity contribution in [3.8, 4) is 12.3 Å². The third-order valence-electron chi connectivity index (χ3n) is 1.80. The fourth-order valence-corrected chi connectivity index (χ4v) is 0.993. The number of nitrogens with zero attached hydrogens (tertiary/aromatic N) is 2. The van der Waals surface area contributed by atoms with Gasteiger partial charge in [-0.05, 0) is 13.3 Å². The van der Waals surface area contributed by atoms with E-state index >= 15 is 0 Å². The summed E-state index contributed by atoms with van der Waals surface area (Å²) in [6, 6.07) is 0. The SMILES string of the molecule is C#CCCCNC(=O)c1cnc(C)cn1. The second-order valence-corrected chi connectivity index (χ2v) is 3.11. The van der Waals surface area contributed by atoms with Crippen LogP contribution in [-0.4, -0.2) is 22.4 Å². The van der Waals surface area contributed by atoms with Crippen LogP contribution in [0, 0.1) is 19.3 Å². The first-order valence-electron chi connectivity index (χ1n) is 4.74. The largest absolute Gasteiger partial charge is 0.351 e. The Labute approximate surface area is 89.1 Å². The molecule has 0 radical (unpaired) electrons. The lowest BCUT2D eigenvalue weighted by Gasteiger charge is -2.02. The third-order valence-corrected chi connectivity index (χ3v) is 1.80. The Morgan fingerprint density at radius 1 is 1.53 bits per heavy atom. The molecule has 0 aliphatic heterocycles. The number of carbonyl (C=O) groups is 1. The number of nitrogens with one attached hydrogen (secondary N) is 1. The molecule has 0 atom stereocenters.